The standard InChI is InChI=1S/C23H19ClF3N5/c1-11(28)13-9-32(10-13)22-17(12-2-14(24)4-15(25)3-12)7-29-8-18(22)23-30-20-6-16(26)5-19(27)21(20)31-23/h2-8,11,13H,9-10,28H2,1H3,(H,30,31). The lowest BCUT2D eigenvalue weighted by Crippen LogP contribution is -2.54. The molecule has 164 valence electrons. The van der Waals surface area contributed by atoms with Gasteiger partial charge in [-0.1, -0.05) is 11.6 Å². The predicted octanol–water partition coefficient (Wildman–Crippen LogP) is 5.15. The van der Waals surface area contributed by atoms with Gasteiger partial charge in [-0.25, -0.2) is 18.2 Å². The van der Waals surface area contributed by atoms with Crippen molar-refractivity contribution < 1.29 is 13.2 Å². The number of nitrogens with one attached hydrogen (secondary N) is 1. The Kier molecular flexibility index (Phi) is 5.06. The van der Waals surface area contributed by atoms with Gasteiger partial charge in [0.2, 0.25) is 0 Å². The van der Waals surface area contributed by atoms with Crippen molar-refractivity contribution in [3.05, 3.63) is 65.2 Å². The average molecular weight is 458 g/mol. The second-order valence-corrected chi connectivity index (χ2v) is 8.57. The number of nitrogens with zero attached hydrogens (tertiary/aromatic N) is 3. The molecule has 2 aromatic carbocycles. The maximum atomic E-state index is 14.3. The summed E-state index contributed by atoms with van der Waals surface area (Å²) in [4.78, 5) is 13.8. The molecular weight excluding hydrogens is 439 g/mol. The van der Waals surface area contributed by atoms with Gasteiger partial charge in [-0.3, -0.25) is 4.98 Å². The molecule has 0 aliphatic carbocycles. The Morgan fingerprint density at radius 3 is 2.50 bits per heavy atom. The zero-order valence-corrected chi connectivity index (χ0v) is 17.8. The molecule has 1 atom stereocenters. The highest BCUT2D eigenvalue weighted by atomic mass is 35.5. The number of nitrogens with two attached hydrogens (primary N) is 1. The minimum atomic E-state index is -0.758. The van der Waals surface area contributed by atoms with E-state index in [1.807, 2.05) is 6.92 Å². The van der Waals surface area contributed by atoms with Gasteiger partial charge in [-0.05, 0) is 36.8 Å². The van der Waals surface area contributed by atoms with Crippen LogP contribution in [0, 0.1) is 23.4 Å². The monoisotopic (exact) mass is 457 g/mol. The lowest BCUT2D eigenvalue weighted by atomic mass is 9.90. The van der Waals surface area contributed by atoms with Crippen LogP contribution in [-0.2, 0) is 0 Å². The number of hydrogen-bond donors (Lipinski definition) is 2. The van der Waals surface area contributed by atoms with Crippen LogP contribution in [0.3, 0.4) is 0 Å². The van der Waals surface area contributed by atoms with Crippen molar-refractivity contribution in [2.24, 2.45) is 11.7 Å². The number of benzene rings is 2. The molecule has 0 amide bonds. The van der Waals surface area contributed by atoms with E-state index in [9.17, 15) is 13.2 Å². The van der Waals surface area contributed by atoms with Crippen LogP contribution in [0.2, 0.25) is 5.02 Å². The molecule has 1 aliphatic rings. The Morgan fingerprint density at radius 2 is 1.78 bits per heavy atom. The average Bonchev–Trinajstić information content (AvgIpc) is 3.10. The highest BCUT2D eigenvalue weighted by Gasteiger charge is 2.33. The number of pyridine rings is 1. The summed E-state index contributed by atoms with van der Waals surface area (Å²) < 4.78 is 42.1. The summed E-state index contributed by atoms with van der Waals surface area (Å²) in [6.45, 7) is 3.33. The first-order valence-electron chi connectivity index (χ1n) is 10.1. The van der Waals surface area contributed by atoms with Gasteiger partial charge < -0.3 is 15.6 Å². The van der Waals surface area contributed by atoms with Crippen LogP contribution in [0.15, 0.2) is 42.7 Å². The number of rotatable bonds is 4. The molecule has 0 bridgehead atoms. The van der Waals surface area contributed by atoms with Gasteiger partial charge in [-0.2, -0.15) is 0 Å². The van der Waals surface area contributed by atoms with Crippen LogP contribution in [0.4, 0.5) is 18.9 Å². The van der Waals surface area contributed by atoms with Crippen LogP contribution >= 0.6 is 11.6 Å². The number of imidazole rings is 1. The molecule has 1 aliphatic heterocycles. The number of hydrogen-bond acceptors (Lipinski definition) is 4. The van der Waals surface area contributed by atoms with E-state index in [-0.39, 0.29) is 22.1 Å². The predicted molar refractivity (Wildman–Crippen MR) is 119 cm³/mol. The quantitative estimate of drug-likeness (QED) is 0.445. The second kappa shape index (κ2) is 7.79. The first kappa shape index (κ1) is 20.8. The number of aromatic amines is 1. The zero-order valence-electron chi connectivity index (χ0n) is 17.0. The molecule has 5 rings (SSSR count). The zero-order chi connectivity index (χ0) is 22.6. The molecule has 1 unspecified atom stereocenters. The maximum absolute atomic E-state index is 14.3. The SMILES string of the molecule is CC(N)C1CN(c2c(-c3cc(F)cc(Cl)c3)cncc2-c2nc3c(F)cc(F)cc3[nH]2)C1. The molecule has 3 N–H and O–H groups in total. The summed E-state index contributed by atoms with van der Waals surface area (Å²) in [6.07, 6.45) is 3.23. The van der Waals surface area contributed by atoms with Crippen molar-refractivity contribution in [1.29, 1.82) is 0 Å². The van der Waals surface area contributed by atoms with Crippen molar-refractivity contribution in [2.75, 3.05) is 18.0 Å². The fraction of sp³-hybridized carbons (Fsp3) is 0.217. The smallest absolute Gasteiger partial charge is 0.153 e. The highest BCUT2D eigenvalue weighted by molar-refractivity contribution is 6.30. The van der Waals surface area contributed by atoms with Gasteiger partial charge in [0.1, 0.15) is 23.0 Å². The second-order valence-electron chi connectivity index (χ2n) is 8.13. The Labute approximate surface area is 187 Å². The van der Waals surface area contributed by atoms with Gasteiger partial charge >= 0.3 is 0 Å². The molecular formula is C23H19ClF3N5. The molecule has 1 saturated heterocycles. The van der Waals surface area contributed by atoms with Gasteiger partial charge in [0.05, 0.1) is 16.8 Å². The topological polar surface area (TPSA) is 70.8 Å². The maximum Gasteiger partial charge on any atom is 0.153 e. The summed E-state index contributed by atoms with van der Waals surface area (Å²) in [5.74, 6) is -1.30. The molecule has 0 spiro atoms. The van der Waals surface area contributed by atoms with E-state index >= 15 is 0 Å². The minimum absolute atomic E-state index is 0.0203. The van der Waals surface area contributed by atoms with E-state index in [4.69, 9.17) is 17.3 Å². The molecule has 9 heteroatoms. The third-order valence-electron chi connectivity index (χ3n) is 5.82. The first-order chi connectivity index (χ1) is 15.3. The Morgan fingerprint density at radius 1 is 1.06 bits per heavy atom. The number of halogens is 4. The van der Waals surface area contributed by atoms with Crippen molar-refractivity contribution in [3.63, 3.8) is 0 Å². The van der Waals surface area contributed by atoms with Crippen LogP contribution in [0.5, 0.6) is 0 Å². The van der Waals surface area contributed by atoms with Gasteiger partial charge in [0.15, 0.2) is 5.82 Å². The van der Waals surface area contributed by atoms with E-state index in [0.29, 0.717) is 41.5 Å². The summed E-state index contributed by atoms with van der Waals surface area (Å²) in [5, 5.41) is 0.259. The van der Waals surface area contributed by atoms with Crippen LogP contribution in [0.1, 0.15) is 6.92 Å². The number of anilines is 1. The van der Waals surface area contributed by atoms with Crippen LogP contribution in [0.25, 0.3) is 33.5 Å². The van der Waals surface area contributed by atoms with Crippen molar-refractivity contribution in [2.45, 2.75) is 13.0 Å². The lowest BCUT2D eigenvalue weighted by Gasteiger charge is -2.44. The molecule has 32 heavy (non-hydrogen) atoms. The third kappa shape index (κ3) is 3.59. The molecule has 1 fully saturated rings. The Bertz CT molecular complexity index is 1310. The fourth-order valence-corrected chi connectivity index (χ4v) is 4.31. The van der Waals surface area contributed by atoms with Gasteiger partial charge in [0, 0.05) is 54.1 Å². The number of fused-ring (bicyclic) bond motifs is 1. The first-order valence-corrected chi connectivity index (χ1v) is 10.5. The molecule has 4 aromatic rings. The van der Waals surface area contributed by atoms with E-state index in [2.05, 4.69) is 19.9 Å². The van der Waals surface area contributed by atoms with Gasteiger partial charge in [-0.15, -0.1) is 0 Å². The minimum Gasteiger partial charge on any atom is -0.370 e. The van der Waals surface area contributed by atoms with Crippen LogP contribution in [-0.4, -0.2) is 34.1 Å². The highest BCUT2D eigenvalue weighted by Crippen LogP contribution is 2.42. The molecule has 5 nitrogen and oxygen atoms in total. The van der Waals surface area contributed by atoms with E-state index < -0.39 is 17.5 Å². The molecule has 0 saturated carbocycles. The van der Waals surface area contributed by atoms with Crippen molar-refractivity contribution in [1.82, 2.24) is 15.0 Å². The summed E-state index contributed by atoms with van der Waals surface area (Å²) >= 11 is 6.10. The number of aromatic nitrogens is 3. The van der Waals surface area contributed by atoms with E-state index in [0.717, 1.165) is 11.8 Å². The Balaban J connectivity index is 1.70. The van der Waals surface area contributed by atoms with Gasteiger partial charge in [0.25, 0.3) is 0 Å². The normalized spacial score (nSPS) is 15.2. The molecule has 3 heterocycles. The molecule has 2 aromatic heterocycles. The van der Waals surface area contributed by atoms with Crippen molar-refractivity contribution in [3.8, 4) is 22.5 Å². The fourth-order valence-electron chi connectivity index (χ4n) is 4.09. The summed E-state index contributed by atoms with van der Waals surface area (Å²) in [6, 6.07) is 6.27. The van der Waals surface area contributed by atoms with E-state index in [1.54, 1.807) is 18.5 Å². The third-order valence-corrected chi connectivity index (χ3v) is 6.04. The van der Waals surface area contributed by atoms with Crippen molar-refractivity contribution >= 4 is 28.3 Å². The summed E-state index contributed by atoms with van der Waals surface area (Å²) in [5.41, 5.74) is 8.86. The number of H-pyrrole nitrogens is 1. The lowest BCUT2D eigenvalue weighted by molar-refractivity contribution is 0.355. The van der Waals surface area contributed by atoms with Crippen LogP contribution < -0.4 is 10.6 Å². The largest absolute Gasteiger partial charge is 0.370 e. The Hall–Kier alpha value is -3.10. The molecule has 0 radical (unpaired) electrons. The van der Waals surface area contributed by atoms with E-state index in [1.165, 1.54) is 18.2 Å². The summed E-state index contributed by atoms with van der Waals surface area (Å²) in [7, 11) is 0.